The van der Waals surface area contributed by atoms with Gasteiger partial charge in [-0.2, -0.15) is 0 Å². The van der Waals surface area contributed by atoms with Gasteiger partial charge in [-0.3, -0.25) is 4.79 Å². The Hall–Kier alpha value is -2.13. The van der Waals surface area contributed by atoms with Gasteiger partial charge in [-0.05, 0) is 55.5 Å². The molecule has 2 rings (SSSR count). The first-order valence-corrected chi connectivity index (χ1v) is 6.89. The summed E-state index contributed by atoms with van der Waals surface area (Å²) in [5, 5.41) is 0.269. The van der Waals surface area contributed by atoms with Crippen molar-refractivity contribution in [2.45, 2.75) is 6.92 Å². The predicted octanol–water partition coefficient (Wildman–Crippen LogP) is 4.77. The van der Waals surface area contributed by atoms with Crippen LogP contribution in [-0.4, -0.2) is 12.4 Å². The van der Waals surface area contributed by atoms with Crippen molar-refractivity contribution >= 4 is 23.5 Å². The van der Waals surface area contributed by atoms with Crippen molar-refractivity contribution in [2.75, 3.05) is 6.61 Å². The summed E-state index contributed by atoms with van der Waals surface area (Å²) >= 11 is 5.90. The molecule has 2 aromatic carbocycles. The zero-order valence-electron chi connectivity index (χ0n) is 11.5. The third kappa shape index (κ3) is 3.92. The highest BCUT2D eigenvalue weighted by Gasteiger charge is 2.06. The first-order valence-electron chi connectivity index (χ1n) is 6.51. The standard InChI is InChI=1S/C17H14ClFO2/c1-2-21-13-8-6-12(7-9-13)17(20)11-10-14-15(18)4-3-5-16(14)19/h3-11H,2H2,1H3. The Bertz CT molecular complexity index is 643. The molecule has 0 aromatic heterocycles. The van der Waals surface area contributed by atoms with Crippen molar-refractivity contribution in [3.8, 4) is 5.75 Å². The average Bonchev–Trinajstić information content (AvgIpc) is 2.47. The maximum absolute atomic E-state index is 13.6. The fraction of sp³-hybridized carbons (Fsp3) is 0.118. The molecule has 0 radical (unpaired) electrons. The Balaban J connectivity index is 2.15. The van der Waals surface area contributed by atoms with Crippen molar-refractivity contribution in [1.29, 1.82) is 0 Å². The van der Waals surface area contributed by atoms with Crippen LogP contribution in [0.2, 0.25) is 5.02 Å². The lowest BCUT2D eigenvalue weighted by molar-refractivity contribution is 0.104. The minimum absolute atomic E-state index is 0.207. The lowest BCUT2D eigenvalue weighted by Crippen LogP contribution is -1.96. The number of rotatable bonds is 5. The molecular formula is C17H14ClFO2. The Morgan fingerprint density at radius 3 is 2.57 bits per heavy atom. The molecule has 0 unspecified atom stereocenters. The third-order valence-corrected chi connectivity index (χ3v) is 3.18. The fourth-order valence-corrected chi connectivity index (χ4v) is 2.03. The number of halogens is 2. The molecule has 0 aliphatic heterocycles. The van der Waals surface area contributed by atoms with Gasteiger partial charge in [0.25, 0.3) is 0 Å². The van der Waals surface area contributed by atoms with Gasteiger partial charge >= 0.3 is 0 Å². The molecule has 0 atom stereocenters. The van der Waals surface area contributed by atoms with Crippen LogP contribution < -0.4 is 4.74 Å². The maximum atomic E-state index is 13.6. The van der Waals surface area contributed by atoms with E-state index in [1.54, 1.807) is 30.3 Å². The van der Waals surface area contributed by atoms with Crippen molar-refractivity contribution in [2.24, 2.45) is 0 Å². The molecule has 0 amide bonds. The predicted molar refractivity (Wildman–Crippen MR) is 82.4 cm³/mol. The van der Waals surface area contributed by atoms with Gasteiger partial charge in [0, 0.05) is 11.1 Å². The highest BCUT2D eigenvalue weighted by Crippen LogP contribution is 2.21. The van der Waals surface area contributed by atoms with E-state index in [1.807, 2.05) is 6.92 Å². The van der Waals surface area contributed by atoms with E-state index in [2.05, 4.69) is 0 Å². The van der Waals surface area contributed by atoms with Crippen molar-refractivity contribution < 1.29 is 13.9 Å². The van der Waals surface area contributed by atoms with Gasteiger partial charge in [-0.25, -0.2) is 4.39 Å². The molecule has 2 aromatic rings. The zero-order chi connectivity index (χ0) is 15.2. The second-order valence-electron chi connectivity index (χ2n) is 4.29. The summed E-state index contributed by atoms with van der Waals surface area (Å²) in [5.74, 6) is 0.0192. The summed E-state index contributed by atoms with van der Waals surface area (Å²) in [5.41, 5.74) is 0.709. The second kappa shape index (κ2) is 7.04. The minimum atomic E-state index is -0.460. The summed E-state index contributed by atoms with van der Waals surface area (Å²) in [6.45, 7) is 2.46. The highest BCUT2D eigenvalue weighted by atomic mass is 35.5. The SMILES string of the molecule is CCOc1ccc(C(=O)C=Cc2c(F)cccc2Cl)cc1. The first kappa shape index (κ1) is 15.3. The number of hydrogen-bond donors (Lipinski definition) is 0. The van der Waals surface area contributed by atoms with Crippen LogP contribution in [0.1, 0.15) is 22.8 Å². The van der Waals surface area contributed by atoms with Crippen molar-refractivity contribution in [3.05, 3.63) is 70.5 Å². The van der Waals surface area contributed by atoms with Gasteiger partial charge in [-0.1, -0.05) is 17.7 Å². The van der Waals surface area contributed by atoms with Crippen LogP contribution in [0.5, 0.6) is 5.75 Å². The maximum Gasteiger partial charge on any atom is 0.185 e. The Labute approximate surface area is 127 Å². The highest BCUT2D eigenvalue weighted by molar-refractivity contribution is 6.32. The van der Waals surface area contributed by atoms with Crippen LogP contribution in [0.25, 0.3) is 6.08 Å². The van der Waals surface area contributed by atoms with Gasteiger partial charge in [0.2, 0.25) is 0 Å². The molecule has 2 nitrogen and oxygen atoms in total. The summed E-state index contributed by atoms with van der Waals surface area (Å²) in [4.78, 5) is 12.0. The number of ether oxygens (including phenoxy) is 1. The first-order chi connectivity index (χ1) is 10.1. The summed E-state index contributed by atoms with van der Waals surface area (Å²) in [6, 6.07) is 11.2. The van der Waals surface area contributed by atoms with E-state index in [4.69, 9.17) is 16.3 Å². The molecule has 0 fully saturated rings. The molecule has 4 heteroatoms. The summed E-state index contributed by atoms with van der Waals surface area (Å²) in [6.07, 6.45) is 2.69. The Morgan fingerprint density at radius 1 is 1.24 bits per heavy atom. The minimum Gasteiger partial charge on any atom is -0.494 e. The van der Waals surface area contributed by atoms with Crippen LogP contribution in [0.15, 0.2) is 48.5 Å². The quantitative estimate of drug-likeness (QED) is 0.587. The van der Waals surface area contributed by atoms with Crippen LogP contribution >= 0.6 is 11.6 Å². The second-order valence-corrected chi connectivity index (χ2v) is 4.70. The van der Waals surface area contributed by atoms with E-state index in [9.17, 15) is 9.18 Å². The number of hydrogen-bond acceptors (Lipinski definition) is 2. The molecule has 0 spiro atoms. The van der Waals surface area contributed by atoms with Gasteiger partial charge in [0.15, 0.2) is 5.78 Å². The molecule has 0 saturated heterocycles. The normalized spacial score (nSPS) is 10.8. The molecule has 0 bridgehead atoms. The summed E-state index contributed by atoms with van der Waals surface area (Å²) in [7, 11) is 0. The van der Waals surface area contributed by atoms with Gasteiger partial charge < -0.3 is 4.74 Å². The third-order valence-electron chi connectivity index (χ3n) is 2.85. The summed E-state index contributed by atoms with van der Waals surface area (Å²) < 4.78 is 18.9. The molecule has 0 aliphatic rings. The van der Waals surface area contributed by atoms with E-state index >= 15 is 0 Å². The molecule has 0 aliphatic carbocycles. The van der Waals surface area contributed by atoms with Crippen molar-refractivity contribution in [1.82, 2.24) is 0 Å². The number of ketones is 1. The lowest BCUT2D eigenvalue weighted by atomic mass is 10.1. The smallest absolute Gasteiger partial charge is 0.185 e. The number of allylic oxidation sites excluding steroid dienone is 1. The van der Waals surface area contributed by atoms with E-state index in [1.165, 1.54) is 24.3 Å². The van der Waals surface area contributed by atoms with E-state index in [-0.39, 0.29) is 16.4 Å². The number of benzene rings is 2. The number of carbonyl (C=O) groups is 1. The van der Waals surface area contributed by atoms with E-state index < -0.39 is 5.82 Å². The van der Waals surface area contributed by atoms with Crippen LogP contribution in [0, 0.1) is 5.82 Å². The molecule has 0 saturated carbocycles. The molecule has 0 heterocycles. The Morgan fingerprint density at radius 2 is 1.95 bits per heavy atom. The number of carbonyl (C=O) groups excluding carboxylic acids is 1. The van der Waals surface area contributed by atoms with E-state index in [0.29, 0.717) is 17.9 Å². The molecular weight excluding hydrogens is 291 g/mol. The topological polar surface area (TPSA) is 26.3 Å². The van der Waals surface area contributed by atoms with Gasteiger partial charge in [-0.15, -0.1) is 0 Å². The monoisotopic (exact) mass is 304 g/mol. The van der Waals surface area contributed by atoms with Crippen molar-refractivity contribution in [3.63, 3.8) is 0 Å². The van der Waals surface area contributed by atoms with Crippen LogP contribution in [-0.2, 0) is 0 Å². The molecule has 108 valence electrons. The van der Waals surface area contributed by atoms with Crippen LogP contribution in [0.4, 0.5) is 4.39 Å². The van der Waals surface area contributed by atoms with Crippen LogP contribution in [0.3, 0.4) is 0 Å². The molecule has 21 heavy (non-hydrogen) atoms. The van der Waals surface area contributed by atoms with Gasteiger partial charge in [0.1, 0.15) is 11.6 Å². The largest absolute Gasteiger partial charge is 0.494 e. The lowest BCUT2D eigenvalue weighted by Gasteiger charge is -2.03. The van der Waals surface area contributed by atoms with E-state index in [0.717, 1.165) is 0 Å². The molecule has 0 N–H and O–H groups in total. The zero-order valence-corrected chi connectivity index (χ0v) is 12.2. The fourth-order valence-electron chi connectivity index (χ4n) is 1.81. The Kier molecular flexibility index (Phi) is 5.12. The van der Waals surface area contributed by atoms with Gasteiger partial charge in [0.05, 0.1) is 11.6 Å². The average molecular weight is 305 g/mol.